The van der Waals surface area contributed by atoms with Gasteiger partial charge in [0.2, 0.25) is 0 Å². The Balaban J connectivity index is 3.99. The van der Waals surface area contributed by atoms with E-state index < -0.39 is 12.0 Å². The Hall–Kier alpha value is -0.610. The Morgan fingerprint density at radius 1 is 1.50 bits per heavy atom. The molecule has 1 unspecified atom stereocenters. The van der Waals surface area contributed by atoms with E-state index in [1.807, 2.05) is 13.8 Å². The molecule has 0 rings (SSSR count). The fourth-order valence-electron chi connectivity index (χ4n) is 0.848. The molecule has 0 spiro atoms. The summed E-state index contributed by atoms with van der Waals surface area (Å²) in [5.41, 5.74) is 5.15. The molecule has 1 atom stereocenters. The highest BCUT2D eigenvalue weighted by Gasteiger charge is 2.25. The first kappa shape index (κ1) is 11.4. The Bertz CT molecular complexity index is 156. The number of esters is 1. The summed E-state index contributed by atoms with van der Waals surface area (Å²) in [6.45, 7) is 3.74. The molecule has 0 aromatic carbocycles. The zero-order chi connectivity index (χ0) is 9.78. The third-order valence-electron chi connectivity index (χ3n) is 1.77. The Morgan fingerprint density at radius 2 is 2.00 bits per heavy atom. The SMILES string of the molecule is COC(=O)C(N)CC(C)(C)OC. The summed E-state index contributed by atoms with van der Waals surface area (Å²) in [5.74, 6) is -0.403. The van der Waals surface area contributed by atoms with Crippen LogP contribution in [0.25, 0.3) is 0 Å². The first-order valence-electron chi connectivity index (χ1n) is 3.81. The van der Waals surface area contributed by atoms with Crippen LogP contribution in [0.2, 0.25) is 0 Å². The van der Waals surface area contributed by atoms with Crippen LogP contribution in [0.5, 0.6) is 0 Å². The van der Waals surface area contributed by atoms with Crippen molar-refractivity contribution >= 4 is 5.97 Å². The second kappa shape index (κ2) is 4.42. The van der Waals surface area contributed by atoms with Gasteiger partial charge >= 0.3 is 5.97 Å². The lowest BCUT2D eigenvalue weighted by Gasteiger charge is -2.25. The summed E-state index contributed by atoms with van der Waals surface area (Å²) >= 11 is 0. The highest BCUT2D eigenvalue weighted by Crippen LogP contribution is 2.14. The van der Waals surface area contributed by atoms with E-state index in [-0.39, 0.29) is 5.60 Å². The monoisotopic (exact) mass is 175 g/mol. The molecule has 0 heterocycles. The third kappa shape index (κ3) is 3.69. The number of ether oxygens (including phenoxy) is 2. The van der Waals surface area contributed by atoms with E-state index in [2.05, 4.69) is 4.74 Å². The predicted molar refractivity (Wildman–Crippen MR) is 45.7 cm³/mol. The minimum absolute atomic E-state index is 0.381. The molecule has 72 valence electrons. The molecule has 0 aliphatic heterocycles. The molecular formula is C8H17NO3. The molecule has 0 fully saturated rings. The maximum atomic E-state index is 10.9. The Labute approximate surface area is 73.0 Å². The molecule has 0 aliphatic carbocycles. The van der Waals surface area contributed by atoms with Gasteiger partial charge in [0.15, 0.2) is 0 Å². The highest BCUT2D eigenvalue weighted by atomic mass is 16.5. The summed E-state index contributed by atoms with van der Waals surface area (Å²) in [6.07, 6.45) is 0.455. The molecule has 0 amide bonds. The molecule has 0 aliphatic rings. The van der Waals surface area contributed by atoms with Crippen molar-refractivity contribution in [3.8, 4) is 0 Å². The van der Waals surface area contributed by atoms with Crippen molar-refractivity contribution in [2.24, 2.45) is 5.73 Å². The van der Waals surface area contributed by atoms with E-state index in [1.165, 1.54) is 7.11 Å². The smallest absolute Gasteiger partial charge is 0.322 e. The topological polar surface area (TPSA) is 61.5 Å². The number of nitrogens with two attached hydrogens (primary N) is 1. The van der Waals surface area contributed by atoms with Crippen LogP contribution in [0, 0.1) is 0 Å². The van der Waals surface area contributed by atoms with Crippen molar-refractivity contribution in [2.75, 3.05) is 14.2 Å². The van der Waals surface area contributed by atoms with Crippen molar-refractivity contribution < 1.29 is 14.3 Å². The molecule has 0 saturated heterocycles. The maximum absolute atomic E-state index is 10.9. The van der Waals surface area contributed by atoms with Gasteiger partial charge in [0.1, 0.15) is 6.04 Å². The Morgan fingerprint density at radius 3 is 2.33 bits per heavy atom. The van der Waals surface area contributed by atoms with Gasteiger partial charge in [-0.25, -0.2) is 0 Å². The van der Waals surface area contributed by atoms with Gasteiger partial charge in [-0.15, -0.1) is 0 Å². The second-order valence-corrected chi connectivity index (χ2v) is 3.30. The van der Waals surface area contributed by atoms with E-state index in [4.69, 9.17) is 10.5 Å². The van der Waals surface area contributed by atoms with Crippen LogP contribution in [0.15, 0.2) is 0 Å². The standard InChI is InChI=1S/C8H17NO3/c1-8(2,12-4)5-6(9)7(10)11-3/h6H,5,9H2,1-4H3. The van der Waals surface area contributed by atoms with E-state index in [0.29, 0.717) is 6.42 Å². The van der Waals surface area contributed by atoms with Gasteiger partial charge in [-0.2, -0.15) is 0 Å². The summed E-state index contributed by atoms with van der Waals surface area (Å²) in [7, 11) is 2.91. The first-order valence-corrected chi connectivity index (χ1v) is 3.81. The Kier molecular flexibility index (Phi) is 4.20. The van der Waals surface area contributed by atoms with Crippen LogP contribution in [-0.4, -0.2) is 31.8 Å². The normalized spacial score (nSPS) is 14.1. The summed E-state index contributed by atoms with van der Waals surface area (Å²) in [4.78, 5) is 10.9. The molecule has 0 aromatic rings. The lowest BCUT2D eigenvalue weighted by atomic mass is 9.99. The molecule has 4 heteroatoms. The van der Waals surface area contributed by atoms with Crippen LogP contribution in [0.4, 0.5) is 0 Å². The van der Waals surface area contributed by atoms with Gasteiger partial charge in [0, 0.05) is 13.5 Å². The lowest BCUT2D eigenvalue weighted by molar-refractivity contribution is -0.143. The fourth-order valence-corrected chi connectivity index (χ4v) is 0.848. The van der Waals surface area contributed by atoms with Crippen molar-refractivity contribution in [2.45, 2.75) is 31.9 Å². The molecule has 12 heavy (non-hydrogen) atoms. The molecule has 0 radical (unpaired) electrons. The number of methoxy groups -OCH3 is 2. The van der Waals surface area contributed by atoms with Crippen LogP contribution in [0.3, 0.4) is 0 Å². The van der Waals surface area contributed by atoms with Crippen molar-refractivity contribution in [1.29, 1.82) is 0 Å². The van der Waals surface area contributed by atoms with Gasteiger partial charge in [-0.05, 0) is 13.8 Å². The molecule has 0 bridgehead atoms. The average molecular weight is 175 g/mol. The average Bonchev–Trinajstić information content (AvgIpc) is 2.02. The summed E-state index contributed by atoms with van der Waals surface area (Å²) in [6, 6.07) is -0.607. The molecule has 0 saturated carbocycles. The van der Waals surface area contributed by atoms with Crippen LogP contribution in [0.1, 0.15) is 20.3 Å². The number of carbonyl (C=O) groups is 1. The molecule has 4 nitrogen and oxygen atoms in total. The van der Waals surface area contributed by atoms with Crippen molar-refractivity contribution in [3.63, 3.8) is 0 Å². The molecule has 2 N–H and O–H groups in total. The number of carbonyl (C=O) groups excluding carboxylic acids is 1. The zero-order valence-electron chi connectivity index (χ0n) is 8.09. The fraction of sp³-hybridized carbons (Fsp3) is 0.875. The highest BCUT2D eigenvalue weighted by molar-refractivity contribution is 5.75. The summed E-state index contributed by atoms with van der Waals surface area (Å²) in [5, 5.41) is 0. The number of hydrogen-bond donors (Lipinski definition) is 1. The van der Waals surface area contributed by atoms with Gasteiger partial charge < -0.3 is 15.2 Å². The molecular weight excluding hydrogens is 158 g/mol. The second-order valence-electron chi connectivity index (χ2n) is 3.30. The van der Waals surface area contributed by atoms with Crippen molar-refractivity contribution in [1.82, 2.24) is 0 Å². The van der Waals surface area contributed by atoms with Gasteiger partial charge in [0.05, 0.1) is 12.7 Å². The van der Waals surface area contributed by atoms with E-state index in [9.17, 15) is 4.79 Å². The van der Waals surface area contributed by atoms with E-state index in [1.54, 1.807) is 7.11 Å². The van der Waals surface area contributed by atoms with E-state index in [0.717, 1.165) is 0 Å². The zero-order valence-corrected chi connectivity index (χ0v) is 8.09. The number of rotatable bonds is 4. The quantitative estimate of drug-likeness (QED) is 0.624. The third-order valence-corrected chi connectivity index (χ3v) is 1.77. The largest absolute Gasteiger partial charge is 0.468 e. The maximum Gasteiger partial charge on any atom is 0.322 e. The van der Waals surface area contributed by atoms with Crippen molar-refractivity contribution in [3.05, 3.63) is 0 Å². The minimum Gasteiger partial charge on any atom is -0.468 e. The number of hydrogen-bond acceptors (Lipinski definition) is 4. The van der Waals surface area contributed by atoms with E-state index >= 15 is 0 Å². The van der Waals surface area contributed by atoms with Gasteiger partial charge in [-0.3, -0.25) is 4.79 Å². The van der Waals surface area contributed by atoms with Crippen LogP contribution >= 0.6 is 0 Å². The van der Waals surface area contributed by atoms with Crippen LogP contribution < -0.4 is 5.73 Å². The first-order chi connectivity index (χ1) is 5.43. The minimum atomic E-state index is -0.607. The van der Waals surface area contributed by atoms with Gasteiger partial charge in [-0.1, -0.05) is 0 Å². The predicted octanol–water partition coefficient (Wildman–Crippen LogP) is 0.302. The molecule has 0 aromatic heterocycles. The lowest BCUT2D eigenvalue weighted by Crippen LogP contribution is -2.39. The van der Waals surface area contributed by atoms with Gasteiger partial charge in [0.25, 0.3) is 0 Å². The van der Waals surface area contributed by atoms with Crippen LogP contribution in [-0.2, 0) is 14.3 Å². The summed E-state index contributed by atoms with van der Waals surface area (Å²) < 4.78 is 9.60.